The molecule has 5 rings (SSSR count). The highest BCUT2D eigenvalue weighted by Gasteiger charge is 2.15. The van der Waals surface area contributed by atoms with Gasteiger partial charge in [-0.05, 0) is 37.1 Å². The number of nitrogens with one attached hydrogen (secondary N) is 1. The minimum Gasteiger partial charge on any atom is -0.334 e. The number of anilines is 1. The molecule has 0 unspecified atom stereocenters. The maximum Gasteiger partial charge on any atom is 0.332 e. The summed E-state index contributed by atoms with van der Waals surface area (Å²) < 4.78 is 4.48. The first-order valence-corrected chi connectivity index (χ1v) is 10.5. The minimum atomic E-state index is -0.496. The second kappa shape index (κ2) is 7.60. The molecule has 0 spiro atoms. The van der Waals surface area contributed by atoms with Crippen molar-refractivity contribution in [3.63, 3.8) is 0 Å². The second-order valence-electron chi connectivity index (χ2n) is 8.00. The number of hydrogen-bond acceptors (Lipinski definition) is 5. The van der Waals surface area contributed by atoms with Crippen LogP contribution in [-0.4, -0.2) is 29.6 Å². The van der Waals surface area contributed by atoms with E-state index in [2.05, 4.69) is 21.1 Å². The van der Waals surface area contributed by atoms with Crippen LogP contribution in [0.1, 0.15) is 29.2 Å². The van der Waals surface area contributed by atoms with Gasteiger partial charge in [-0.2, -0.15) is 0 Å². The molecule has 1 aliphatic rings. The third-order valence-electron chi connectivity index (χ3n) is 5.88. The summed E-state index contributed by atoms with van der Waals surface area (Å²) in [6.45, 7) is 1.01. The van der Waals surface area contributed by atoms with Gasteiger partial charge < -0.3 is 9.88 Å². The summed E-state index contributed by atoms with van der Waals surface area (Å²) >= 11 is 0. The van der Waals surface area contributed by atoms with E-state index in [1.54, 1.807) is 0 Å². The summed E-state index contributed by atoms with van der Waals surface area (Å²) in [5.41, 5.74) is 1.88. The van der Waals surface area contributed by atoms with Gasteiger partial charge in [-0.1, -0.05) is 12.1 Å². The van der Waals surface area contributed by atoms with Gasteiger partial charge >= 0.3 is 5.69 Å². The molecule has 1 N–H and O–H groups in total. The van der Waals surface area contributed by atoms with Crippen molar-refractivity contribution in [3.05, 3.63) is 75.0 Å². The maximum absolute atomic E-state index is 12.7. The SMILES string of the molecule is Cn1c(=O)c2ccc(C(=O)Nc3ccc(-c4cn5c(n4)CCCC5)cc3)nc2n(C)c1=O. The third kappa shape index (κ3) is 3.31. The van der Waals surface area contributed by atoms with Crippen molar-refractivity contribution in [3.8, 4) is 11.3 Å². The van der Waals surface area contributed by atoms with Gasteiger partial charge in [-0.25, -0.2) is 14.8 Å². The lowest BCUT2D eigenvalue weighted by Gasteiger charge is -2.11. The van der Waals surface area contributed by atoms with E-state index in [0.29, 0.717) is 5.69 Å². The van der Waals surface area contributed by atoms with Crippen molar-refractivity contribution >= 4 is 22.6 Å². The van der Waals surface area contributed by atoms with Crippen LogP contribution in [0.15, 0.2) is 52.2 Å². The summed E-state index contributed by atoms with van der Waals surface area (Å²) in [6, 6.07) is 10.5. The molecule has 1 amide bonds. The fraction of sp³-hybridized carbons (Fsp3) is 0.261. The van der Waals surface area contributed by atoms with Crippen molar-refractivity contribution in [2.75, 3.05) is 5.32 Å². The Hall–Kier alpha value is -4.01. The monoisotopic (exact) mass is 430 g/mol. The van der Waals surface area contributed by atoms with Crippen molar-refractivity contribution in [1.29, 1.82) is 0 Å². The molecule has 0 aliphatic carbocycles. The maximum atomic E-state index is 12.7. The van der Waals surface area contributed by atoms with E-state index in [1.807, 2.05) is 24.3 Å². The van der Waals surface area contributed by atoms with Gasteiger partial charge in [0.25, 0.3) is 11.5 Å². The number of aryl methyl sites for hydroxylation is 3. The lowest BCUT2D eigenvalue weighted by molar-refractivity contribution is 0.102. The van der Waals surface area contributed by atoms with Gasteiger partial charge in [0.05, 0.1) is 11.1 Å². The average Bonchev–Trinajstić information content (AvgIpc) is 3.26. The number of pyridine rings is 1. The predicted octanol–water partition coefficient (Wildman–Crippen LogP) is 2.08. The molecule has 9 nitrogen and oxygen atoms in total. The Morgan fingerprint density at radius 3 is 2.50 bits per heavy atom. The molecule has 0 atom stereocenters. The predicted molar refractivity (Wildman–Crippen MR) is 121 cm³/mol. The summed E-state index contributed by atoms with van der Waals surface area (Å²) in [6.07, 6.45) is 5.44. The molecule has 4 aromatic rings. The number of rotatable bonds is 3. The van der Waals surface area contributed by atoms with E-state index in [9.17, 15) is 14.4 Å². The molecule has 0 saturated carbocycles. The second-order valence-corrected chi connectivity index (χ2v) is 8.00. The zero-order valence-corrected chi connectivity index (χ0v) is 17.8. The molecule has 32 heavy (non-hydrogen) atoms. The van der Waals surface area contributed by atoms with E-state index >= 15 is 0 Å². The Labute approximate surface area is 183 Å². The largest absolute Gasteiger partial charge is 0.334 e. The highest BCUT2D eigenvalue weighted by molar-refractivity contribution is 6.03. The van der Waals surface area contributed by atoms with Crippen LogP contribution in [0, 0.1) is 0 Å². The molecule has 0 radical (unpaired) electrons. The Morgan fingerprint density at radius 2 is 1.75 bits per heavy atom. The number of carbonyl (C=O) groups excluding carboxylic acids is 1. The number of benzene rings is 1. The summed E-state index contributed by atoms with van der Waals surface area (Å²) in [4.78, 5) is 46.2. The van der Waals surface area contributed by atoms with Crippen LogP contribution >= 0.6 is 0 Å². The molecular formula is C23H22N6O3. The van der Waals surface area contributed by atoms with E-state index in [1.165, 1.54) is 43.6 Å². The van der Waals surface area contributed by atoms with Gasteiger partial charge in [0.2, 0.25) is 0 Å². The number of aromatic nitrogens is 5. The Bertz CT molecular complexity index is 1450. The van der Waals surface area contributed by atoms with Crippen molar-refractivity contribution in [2.45, 2.75) is 25.8 Å². The molecule has 0 bridgehead atoms. The number of hydrogen-bond donors (Lipinski definition) is 1. The zero-order chi connectivity index (χ0) is 22.4. The first kappa shape index (κ1) is 19.9. The molecule has 1 aromatic carbocycles. The molecule has 0 fully saturated rings. The van der Waals surface area contributed by atoms with E-state index in [-0.39, 0.29) is 16.7 Å². The molecule has 1 aliphatic heterocycles. The number of nitrogens with zero attached hydrogens (tertiary/aromatic N) is 5. The Kier molecular flexibility index (Phi) is 4.73. The fourth-order valence-corrected chi connectivity index (χ4v) is 4.05. The molecule has 162 valence electrons. The number of amides is 1. The van der Waals surface area contributed by atoms with E-state index in [0.717, 1.165) is 34.6 Å². The van der Waals surface area contributed by atoms with Crippen LogP contribution in [0.3, 0.4) is 0 Å². The molecule has 4 heterocycles. The Balaban J connectivity index is 1.39. The quantitative estimate of drug-likeness (QED) is 0.536. The highest BCUT2D eigenvalue weighted by atomic mass is 16.2. The third-order valence-corrected chi connectivity index (χ3v) is 5.88. The number of carbonyl (C=O) groups is 1. The van der Waals surface area contributed by atoms with Crippen molar-refractivity contribution in [1.82, 2.24) is 23.7 Å². The molecular weight excluding hydrogens is 408 g/mol. The van der Waals surface area contributed by atoms with Crippen LogP contribution in [0.2, 0.25) is 0 Å². The van der Waals surface area contributed by atoms with E-state index < -0.39 is 17.2 Å². The summed E-state index contributed by atoms with van der Waals surface area (Å²) in [5.74, 6) is 0.695. The topological polar surface area (TPSA) is 104 Å². The summed E-state index contributed by atoms with van der Waals surface area (Å²) in [5, 5.41) is 3.09. The van der Waals surface area contributed by atoms with Gasteiger partial charge in [-0.3, -0.25) is 18.7 Å². The van der Waals surface area contributed by atoms with Crippen molar-refractivity contribution < 1.29 is 4.79 Å². The van der Waals surface area contributed by atoms with Gasteiger partial charge in [-0.15, -0.1) is 0 Å². The number of fused-ring (bicyclic) bond motifs is 2. The molecule has 0 saturated heterocycles. The molecule has 9 heteroatoms. The molecule has 3 aromatic heterocycles. The Morgan fingerprint density at radius 1 is 0.969 bits per heavy atom. The van der Waals surface area contributed by atoms with Gasteiger partial charge in [0.1, 0.15) is 17.2 Å². The van der Waals surface area contributed by atoms with Gasteiger partial charge in [0.15, 0.2) is 0 Å². The van der Waals surface area contributed by atoms with Crippen LogP contribution in [0.5, 0.6) is 0 Å². The smallest absolute Gasteiger partial charge is 0.332 e. The first-order chi connectivity index (χ1) is 15.4. The first-order valence-electron chi connectivity index (χ1n) is 10.5. The van der Waals surface area contributed by atoms with Gasteiger partial charge in [0, 0.05) is 44.5 Å². The van der Waals surface area contributed by atoms with Crippen LogP contribution in [0.4, 0.5) is 5.69 Å². The standard InChI is InChI=1S/C23H22N6O3/c1-27-20-16(22(31)28(2)23(27)32)10-11-17(26-20)21(30)24-15-8-6-14(7-9-15)18-13-29-12-4-3-5-19(29)25-18/h6-11,13H,3-5,12H2,1-2H3,(H,24,30). The van der Waals surface area contributed by atoms with E-state index in [4.69, 9.17) is 4.98 Å². The van der Waals surface area contributed by atoms with Crippen molar-refractivity contribution in [2.24, 2.45) is 14.1 Å². The zero-order valence-electron chi connectivity index (χ0n) is 17.8. The highest BCUT2D eigenvalue weighted by Crippen LogP contribution is 2.24. The van der Waals surface area contributed by atoms with Crippen LogP contribution in [0.25, 0.3) is 22.3 Å². The minimum absolute atomic E-state index is 0.117. The average molecular weight is 430 g/mol. The fourth-order valence-electron chi connectivity index (χ4n) is 4.05. The lowest BCUT2D eigenvalue weighted by Crippen LogP contribution is -2.37. The normalized spacial score (nSPS) is 13.2. The van der Waals surface area contributed by atoms with Crippen LogP contribution in [-0.2, 0) is 27.1 Å². The number of imidazole rings is 1. The van der Waals surface area contributed by atoms with Crippen LogP contribution < -0.4 is 16.6 Å². The summed E-state index contributed by atoms with van der Waals surface area (Å²) in [7, 11) is 2.93. The lowest BCUT2D eigenvalue weighted by atomic mass is 10.1.